The predicted octanol–water partition coefficient (Wildman–Crippen LogP) is 2.51. The van der Waals surface area contributed by atoms with Gasteiger partial charge in [0.2, 0.25) is 18.6 Å². The number of carbonyl (C=O) groups is 2. The second kappa shape index (κ2) is 8.82. The van der Waals surface area contributed by atoms with Gasteiger partial charge in [0.05, 0.1) is 6.54 Å². The Bertz CT molecular complexity index is 710. The summed E-state index contributed by atoms with van der Waals surface area (Å²) < 4.78 is 10.6. The number of likely N-dealkylation sites (tertiary alicyclic amines) is 1. The fraction of sp³-hybridized carbons (Fsp3) is 0.619. The molecule has 0 aromatic heterocycles. The Kier molecular flexibility index (Phi) is 6.00. The summed E-state index contributed by atoms with van der Waals surface area (Å²) >= 11 is 0. The molecule has 1 aromatic carbocycles. The number of nitrogens with one attached hydrogen (secondary N) is 2. The number of benzene rings is 1. The maximum Gasteiger partial charge on any atom is 0.238 e. The lowest BCUT2D eigenvalue weighted by Crippen LogP contribution is -2.48. The molecule has 7 heteroatoms. The van der Waals surface area contributed by atoms with Crippen LogP contribution in [0.15, 0.2) is 18.2 Å². The summed E-state index contributed by atoms with van der Waals surface area (Å²) in [7, 11) is 0. The number of anilines is 1. The van der Waals surface area contributed by atoms with Crippen LogP contribution in [0, 0.1) is 5.92 Å². The van der Waals surface area contributed by atoms with Gasteiger partial charge >= 0.3 is 0 Å². The summed E-state index contributed by atoms with van der Waals surface area (Å²) in [5.74, 6) is 1.77. The molecule has 2 N–H and O–H groups in total. The highest BCUT2D eigenvalue weighted by Crippen LogP contribution is 2.34. The van der Waals surface area contributed by atoms with Crippen molar-refractivity contribution in [3.63, 3.8) is 0 Å². The highest BCUT2D eigenvalue weighted by Gasteiger charge is 2.26. The largest absolute Gasteiger partial charge is 0.454 e. The third-order valence-corrected chi connectivity index (χ3v) is 5.93. The Morgan fingerprint density at radius 1 is 1.00 bits per heavy atom. The molecule has 0 bridgehead atoms. The van der Waals surface area contributed by atoms with Crippen molar-refractivity contribution in [2.75, 3.05) is 31.7 Å². The van der Waals surface area contributed by atoms with Crippen molar-refractivity contribution in [1.29, 1.82) is 0 Å². The molecule has 2 fully saturated rings. The van der Waals surface area contributed by atoms with E-state index in [9.17, 15) is 9.59 Å². The van der Waals surface area contributed by atoms with Crippen LogP contribution in [0.1, 0.15) is 44.9 Å². The minimum Gasteiger partial charge on any atom is -0.454 e. The van der Waals surface area contributed by atoms with E-state index in [1.165, 1.54) is 19.3 Å². The van der Waals surface area contributed by atoms with E-state index in [1.54, 1.807) is 12.1 Å². The van der Waals surface area contributed by atoms with E-state index in [1.807, 2.05) is 6.07 Å². The molecule has 2 amide bonds. The van der Waals surface area contributed by atoms with Gasteiger partial charge in [0, 0.05) is 36.8 Å². The first kappa shape index (κ1) is 19.1. The number of fused-ring (bicyclic) bond motifs is 1. The average Bonchev–Trinajstić information content (AvgIpc) is 3.18. The molecule has 2 heterocycles. The van der Waals surface area contributed by atoms with E-state index >= 15 is 0 Å². The van der Waals surface area contributed by atoms with Crippen LogP contribution in [0.3, 0.4) is 0 Å². The molecular weight excluding hydrogens is 358 g/mol. The first-order chi connectivity index (χ1) is 13.7. The molecule has 2 aliphatic heterocycles. The Morgan fingerprint density at radius 3 is 2.54 bits per heavy atom. The lowest BCUT2D eigenvalue weighted by molar-refractivity contribution is -0.127. The summed E-state index contributed by atoms with van der Waals surface area (Å²) in [6.07, 6.45) is 7.47. The molecule has 7 nitrogen and oxygen atoms in total. The molecule has 1 aliphatic carbocycles. The minimum atomic E-state index is -0.0384. The topological polar surface area (TPSA) is 79.9 Å². The van der Waals surface area contributed by atoms with Gasteiger partial charge in [0.1, 0.15) is 0 Å². The van der Waals surface area contributed by atoms with Crippen molar-refractivity contribution in [3.8, 4) is 11.5 Å². The fourth-order valence-corrected chi connectivity index (χ4v) is 4.30. The Hall–Kier alpha value is -2.28. The lowest BCUT2D eigenvalue weighted by Gasteiger charge is -2.33. The van der Waals surface area contributed by atoms with Crippen molar-refractivity contribution in [3.05, 3.63) is 18.2 Å². The molecule has 1 saturated heterocycles. The quantitative estimate of drug-likeness (QED) is 0.812. The third-order valence-electron chi connectivity index (χ3n) is 5.93. The molecule has 4 rings (SSSR count). The average molecular weight is 387 g/mol. The zero-order valence-corrected chi connectivity index (χ0v) is 16.2. The van der Waals surface area contributed by atoms with Crippen LogP contribution in [-0.2, 0) is 9.59 Å². The van der Waals surface area contributed by atoms with Gasteiger partial charge in [0.25, 0.3) is 0 Å². The Labute approximate surface area is 165 Å². The molecular formula is C21H29N3O4. The molecule has 3 aliphatic rings. The molecule has 1 aromatic rings. The highest BCUT2D eigenvalue weighted by atomic mass is 16.7. The summed E-state index contributed by atoms with van der Waals surface area (Å²) in [6.45, 7) is 2.23. The van der Waals surface area contributed by atoms with Gasteiger partial charge in [0.15, 0.2) is 11.5 Å². The number of amides is 2. The zero-order chi connectivity index (χ0) is 19.3. The number of piperidine rings is 1. The second-order valence-electron chi connectivity index (χ2n) is 8.01. The Morgan fingerprint density at radius 2 is 1.75 bits per heavy atom. The van der Waals surface area contributed by atoms with Crippen LogP contribution >= 0.6 is 0 Å². The fourth-order valence-electron chi connectivity index (χ4n) is 4.30. The van der Waals surface area contributed by atoms with Gasteiger partial charge in [-0.1, -0.05) is 19.3 Å². The number of rotatable bonds is 5. The van der Waals surface area contributed by atoms with Crippen molar-refractivity contribution >= 4 is 17.5 Å². The SMILES string of the molecule is O=C(CN1CCC(NC(=O)C2CCCCC2)CC1)Nc1ccc2c(c1)OCO2. The van der Waals surface area contributed by atoms with E-state index in [4.69, 9.17) is 9.47 Å². The normalized spacial score (nSPS) is 20.7. The third kappa shape index (κ3) is 4.76. The van der Waals surface area contributed by atoms with E-state index in [0.717, 1.165) is 38.8 Å². The molecule has 0 atom stereocenters. The molecule has 0 radical (unpaired) electrons. The monoisotopic (exact) mass is 387 g/mol. The van der Waals surface area contributed by atoms with Crippen molar-refractivity contribution < 1.29 is 19.1 Å². The molecule has 0 unspecified atom stereocenters. The van der Waals surface area contributed by atoms with Gasteiger partial charge in [-0.3, -0.25) is 14.5 Å². The minimum absolute atomic E-state index is 0.0384. The second-order valence-corrected chi connectivity index (χ2v) is 8.01. The van der Waals surface area contributed by atoms with Gasteiger partial charge < -0.3 is 20.1 Å². The summed E-state index contributed by atoms with van der Waals surface area (Å²) in [5, 5.41) is 6.15. The number of hydrogen-bond donors (Lipinski definition) is 2. The standard InChI is InChI=1S/C21H29N3O4/c25-20(22-17-6-7-18-19(12-17)28-14-27-18)13-24-10-8-16(9-11-24)23-21(26)15-4-2-1-3-5-15/h6-7,12,15-16H,1-5,8-11,13-14H2,(H,22,25)(H,23,26). The summed E-state index contributed by atoms with van der Waals surface area (Å²) in [5.41, 5.74) is 0.712. The maximum absolute atomic E-state index is 12.4. The highest BCUT2D eigenvalue weighted by molar-refractivity contribution is 5.92. The number of hydrogen-bond acceptors (Lipinski definition) is 5. The van der Waals surface area contributed by atoms with Gasteiger partial charge in [-0.15, -0.1) is 0 Å². The number of nitrogens with zero attached hydrogens (tertiary/aromatic N) is 1. The Balaban J connectivity index is 1.19. The zero-order valence-electron chi connectivity index (χ0n) is 16.2. The lowest BCUT2D eigenvalue weighted by atomic mass is 9.88. The predicted molar refractivity (Wildman–Crippen MR) is 105 cm³/mol. The first-order valence-corrected chi connectivity index (χ1v) is 10.4. The van der Waals surface area contributed by atoms with Gasteiger partial charge in [-0.25, -0.2) is 0 Å². The van der Waals surface area contributed by atoms with Crippen molar-refractivity contribution in [2.45, 2.75) is 51.0 Å². The molecule has 0 spiro atoms. The van der Waals surface area contributed by atoms with Crippen LogP contribution in [0.4, 0.5) is 5.69 Å². The number of ether oxygens (including phenoxy) is 2. The maximum atomic E-state index is 12.4. The molecule has 1 saturated carbocycles. The molecule has 152 valence electrons. The van der Waals surface area contributed by atoms with E-state index in [2.05, 4.69) is 15.5 Å². The van der Waals surface area contributed by atoms with Crippen molar-refractivity contribution in [2.24, 2.45) is 5.92 Å². The van der Waals surface area contributed by atoms with Crippen LogP contribution < -0.4 is 20.1 Å². The number of carbonyl (C=O) groups excluding carboxylic acids is 2. The van der Waals surface area contributed by atoms with E-state index < -0.39 is 0 Å². The van der Waals surface area contributed by atoms with E-state index in [0.29, 0.717) is 23.7 Å². The summed E-state index contributed by atoms with van der Waals surface area (Å²) in [6, 6.07) is 5.65. The van der Waals surface area contributed by atoms with Crippen LogP contribution in [0.25, 0.3) is 0 Å². The summed E-state index contributed by atoms with van der Waals surface area (Å²) in [4.78, 5) is 26.9. The van der Waals surface area contributed by atoms with Crippen molar-refractivity contribution in [1.82, 2.24) is 10.2 Å². The first-order valence-electron chi connectivity index (χ1n) is 10.4. The van der Waals surface area contributed by atoms with Gasteiger partial charge in [-0.2, -0.15) is 0 Å². The van der Waals surface area contributed by atoms with Crippen LogP contribution in [0.5, 0.6) is 11.5 Å². The van der Waals surface area contributed by atoms with E-state index in [-0.39, 0.29) is 30.6 Å². The van der Waals surface area contributed by atoms with Gasteiger partial charge in [-0.05, 0) is 37.8 Å². The smallest absolute Gasteiger partial charge is 0.238 e. The van der Waals surface area contributed by atoms with Crippen LogP contribution in [0.2, 0.25) is 0 Å². The molecule has 28 heavy (non-hydrogen) atoms. The van der Waals surface area contributed by atoms with Crippen LogP contribution in [-0.4, -0.2) is 49.2 Å².